The molecule has 0 aliphatic heterocycles. The lowest BCUT2D eigenvalue weighted by Crippen LogP contribution is -2.29. The van der Waals surface area contributed by atoms with Crippen LogP contribution < -0.4 is 0 Å². The molecule has 1 saturated carbocycles. The van der Waals surface area contributed by atoms with Crippen LogP contribution in [0.15, 0.2) is 0 Å². The summed E-state index contributed by atoms with van der Waals surface area (Å²) in [5, 5.41) is 17.2. The van der Waals surface area contributed by atoms with Crippen LogP contribution >= 0.6 is 0 Å². The summed E-state index contributed by atoms with van der Waals surface area (Å²) in [6.07, 6.45) is 0.992. The molecule has 2 N–H and O–H groups in total. The smallest absolute Gasteiger partial charge is 0.310 e. The minimum atomic E-state index is -1.02. The molecule has 1 unspecified atom stereocenters. The second-order valence-electron chi connectivity index (χ2n) is 3.02. The molecular formula is C7H10O4. The van der Waals surface area contributed by atoms with Gasteiger partial charge in [-0.3, -0.25) is 9.59 Å². The summed E-state index contributed by atoms with van der Waals surface area (Å²) in [6, 6.07) is 0. The van der Waals surface area contributed by atoms with Crippen molar-refractivity contribution in [1.82, 2.24) is 0 Å². The molecule has 0 aromatic carbocycles. The molecule has 4 heteroatoms. The van der Waals surface area contributed by atoms with E-state index in [0.717, 1.165) is 0 Å². The minimum Gasteiger partial charge on any atom is -0.481 e. The zero-order valence-electron chi connectivity index (χ0n) is 6.20. The van der Waals surface area contributed by atoms with Crippen molar-refractivity contribution in [3.05, 3.63) is 0 Å². The Kier molecular flexibility index (Phi) is 1.62. The number of hydrogen-bond acceptors (Lipinski definition) is 2. The van der Waals surface area contributed by atoms with Crippen LogP contribution in [-0.4, -0.2) is 22.2 Å². The van der Waals surface area contributed by atoms with Gasteiger partial charge in [-0.2, -0.15) is 0 Å². The molecule has 11 heavy (non-hydrogen) atoms. The van der Waals surface area contributed by atoms with Crippen molar-refractivity contribution in [2.24, 2.45) is 11.3 Å². The van der Waals surface area contributed by atoms with Crippen molar-refractivity contribution in [2.75, 3.05) is 0 Å². The molecule has 0 radical (unpaired) electrons. The second kappa shape index (κ2) is 2.22. The molecule has 1 rings (SSSR count). The van der Waals surface area contributed by atoms with Crippen molar-refractivity contribution >= 4 is 11.9 Å². The van der Waals surface area contributed by atoms with Gasteiger partial charge in [0, 0.05) is 0 Å². The largest absolute Gasteiger partial charge is 0.481 e. The van der Waals surface area contributed by atoms with Gasteiger partial charge in [0.15, 0.2) is 0 Å². The highest BCUT2D eigenvalue weighted by Crippen LogP contribution is 2.52. The molecule has 1 fully saturated rings. The molecule has 0 aromatic heterocycles. The highest BCUT2D eigenvalue weighted by molar-refractivity contribution is 5.85. The topological polar surface area (TPSA) is 74.6 Å². The quantitative estimate of drug-likeness (QED) is 0.629. The van der Waals surface area contributed by atoms with Gasteiger partial charge in [-0.25, -0.2) is 0 Å². The molecule has 1 atom stereocenters. The minimum absolute atomic E-state index is 0.496. The first-order valence-electron chi connectivity index (χ1n) is 3.47. The average molecular weight is 158 g/mol. The van der Waals surface area contributed by atoms with Crippen molar-refractivity contribution in [3.63, 3.8) is 0 Å². The maximum absolute atomic E-state index is 10.6. The molecule has 0 heterocycles. The predicted molar refractivity (Wildman–Crippen MR) is 36.1 cm³/mol. The summed E-state index contributed by atoms with van der Waals surface area (Å²) in [5.41, 5.74) is -0.953. The van der Waals surface area contributed by atoms with Gasteiger partial charge >= 0.3 is 11.9 Å². The van der Waals surface area contributed by atoms with E-state index in [9.17, 15) is 9.59 Å². The summed E-state index contributed by atoms with van der Waals surface area (Å²) < 4.78 is 0. The summed E-state index contributed by atoms with van der Waals surface area (Å²) in [6.45, 7) is 1.45. The van der Waals surface area contributed by atoms with Gasteiger partial charge in [-0.05, 0) is 12.8 Å². The van der Waals surface area contributed by atoms with Crippen LogP contribution in [0.25, 0.3) is 0 Å². The van der Waals surface area contributed by atoms with E-state index in [1.807, 2.05) is 0 Å². The van der Waals surface area contributed by atoms with Gasteiger partial charge in [0.25, 0.3) is 0 Å². The SMILES string of the molecule is CC(C(=O)O)C1(C(=O)O)CC1. The molecule has 4 nitrogen and oxygen atoms in total. The van der Waals surface area contributed by atoms with E-state index < -0.39 is 23.3 Å². The Morgan fingerprint density at radius 1 is 1.36 bits per heavy atom. The van der Waals surface area contributed by atoms with Gasteiger partial charge in [-0.1, -0.05) is 6.92 Å². The van der Waals surface area contributed by atoms with E-state index in [4.69, 9.17) is 10.2 Å². The first kappa shape index (κ1) is 8.04. The van der Waals surface area contributed by atoms with E-state index in [-0.39, 0.29) is 0 Å². The molecule has 0 amide bonds. The molecule has 0 bridgehead atoms. The molecule has 0 aromatic rings. The Morgan fingerprint density at radius 3 is 1.91 bits per heavy atom. The van der Waals surface area contributed by atoms with E-state index in [1.54, 1.807) is 0 Å². The molecule has 0 spiro atoms. The molecular weight excluding hydrogens is 148 g/mol. The summed E-state index contributed by atoms with van der Waals surface area (Å²) in [5.74, 6) is -2.77. The van der Waals surface area contributed by atoms with E-state index in [1.165, 1.54) is 6.92 Å². The zero-order valence-corrected chi connectivity index (χ0v) is 6.20. The normalized spacial score (nSPS) is 22.3. The van der Waals surface area contributed by atoms with Crippen LogP contribution in [-0.2, 0) is 9.59 Å². The van der Waals surface area contributed by atoms with E-state index in [0.29, 0.717) is 12.8 Å². The summed E-state index contributed by atoms with van der Waals surface area (Å²) in [4.78, 5) is 21.0. The van der Waals surface area contributed by atoms with Crippen LogP contribution in [0.5, 0.6) is 0 Å². The predicted octanol–water partition coefficient (Wildman–Crippen LogP) is 0.572. The van der Waals surface area contributed by atoms with Crippen LogP contribution in [0.3, 0.4) is 0 Å². The third-order valence-electron chi connectivity index (χ3n) is 2.41. The van der Waals surface area contributed by atoms with Gasteiger partial charge in [0.05, 0.1) is 11.3 Å². The van der Waals surface area contributed by atoms with Crippen LogP contribution in [0.1, 0.15) is 19.8 Å². The van der Waals surface area contributed by atoms with Crippen molar-refractivity contribution in [2.45, 2.75) is 19.8 Å². The van der Waals surface area contributed by atoms with Gasteiger partial charge in [0.2, 0.25) is 0 Å². The maximum atomic E-state index is 10.6. The van der Waals surface area contributed by atoms with Crippen molar-refractivity contribution < 1.29 is 19.8 Å². The number of aliphatic carboxylic acids is 2. The number of carboxylic acid groups (broad SMARTS) is 2. The highest BCUT2D eigenvalue weighted by Gasteiger charge is 2.56. The van der Waals surface area contributed by atoms with E-state index in [2.05, 4.69) is 0 Å². The maximum Gasteiger partial charge on any atom is 0.310 e. The third kappa shape index (κ3) is 1.08. The zero-order chi connectivity index (χ0) is 8.65. The summed E-state index contributed by atoms with van der Waals surface area (Å²) in [7, 11) is 0. The second-order valence-corrected chi connectivity index (χ2v) is 3.02. The Balaban J connectivity index is 2.73. The first-order valence-corrected chi connectivity index (χ1v) is 3.47. The Hall–Kier alpha value is -1.06. The van der Waals surface area contributed by atoms with Gasteiger partial charge in [0.1, 0.15) is 0 Å². The molecule has 0 saturated heterocycles. The van der Waals surface area contributed by atoms with Gasteiger partial charge < -0.3 is 10.2 Å². The number of hydrogen-bond donors (Lipinski definition) is 2. The molecule has 1 aliphatic rings. The number of carboxylic acids is 2. The molecule has 1 aliphatic carbocycles. The third-order valence-corrected chi connectivity index (χ3v) is 2.41. The van der Waals surface area contributed by atoms with Crippen LogP contribution in [0.4, 0.5) is 0 Å². The highest BCUT2D eigenvalue weighted by atomic mass is 16.4. The number of rotatable bonds is 3. The van der Waals surface area contributed by atoms with Crippen molar-refractivity contribution in [1.29, 1.82) is 0 Å². The Bertz CT molecular complexity index is 204. The Labute approximate surface area is 63.8 Å². The number of carbonyl (C=O) groups is 2. The van der Waals surface area contributed by atoms with Crippen LogP contribution in [0.2, 0.25) is 0 Å². The lowest BCUT2D eigenvalue weighted by Gasteiger charge is -2.13. The van der Waals surface area contributed by atoms with Crippen molar-refractivity contribution in [3.8, 4) is 0 Å². The summed E-state index contributed by atoms with van der Waals surface area (Å²) >= 11 is 0. The van der Waals surface area contributed by atoms with Gasteiger partial charge in [-0.15, -0.1) is 0 Å². The molecule has 62 valence electrons. The first-order chi connectivity index (χ1) is 5.00. The lowest BCUT2D eigenvalue weighted by molar-refractivity contribution is -0.154. The fraction of sp³-hybridized carbons (Fsp3) is 0.714. The standard InChI is InChI=1S/C7H10O4/c1-4(5(8)9)7(2-3-7)6(10)11/h4H,2-3H2,1H3,(H,8,9)(H,10,11). The van der Waals surface area contributed by atoms with E-state index >= 15 is 0 Å². The van der Waals surface area contributed by atoms with Crippen LogP contribution in [0, 0.1) is 11.3 Å². The Morgan fingerprint density at radius 2 is 1.82 bits per heavy atom. The monoisotopic (exact) mass is 158 g/mol. The fourth-order valence-corrected chi connectivity index (χ4v) is 1.20. The average Bonchev–Trinajstić information content (AvgIpc) is 2.65. The fourth-order valence-electron chi connectivity index (χ4n) is 1.20. The lowest BCUT2D eigenvalue weighted by atomic mass is 9.91.